The van der Waals surface area contributed by atoms with Gasteiger partial charge in [0.2, 0.25) is 5.88 Å². The Bertz CT molecular complexity index is 1070. The maximum absolute atomic E-state index is 14.4. The minimum absolute atomic E-state index is 0.0100. The molecule has 1 aromatic carbocycles. The van der Waals surface area contributed by atoms with E-state index in [0.29, 0.717) is 35.6 Å². The number of likely N-dealkylation sites (N-methyl/N-ethyl adjacent to an activating group) is 1. The molecule has 0 unspecified atom stereocenters. The normalized spacial score (nSPS) is 13.6. The van der Waals surface area contributed by atoms with Crippen LogP contribution in [0.4, 0.5) is 15.9 Å². The molecule has 0 fully saturated rings. The molecule has 2 N–H and O–H groups in total. The van der Waals surface area contributed by atoms with Crippen LogP contribution in [0.25, 0.3) is 16.6 Å². The molecule has 1 aliphatic heterocycles. The van der Waals surface area contributed by atoms with Crippen LogP contribution in [0.1, 0.15) is 0 Å². The maximum atomic E-state index is 14.4. The van der Waals surface area contributed by atoms with Crippen molar-refractivity contribution in [2.75, 3.05) is 30.8 Å². The van der Waals surface area contributed by atoms with Crippen LogP contribution in [0.3, 0.4) is 0 Å². The zero-order chi connectivity index (χ0) is 17.7. The molecule has 25 heavy (non-hydrogen) atoms. The van der Waals surface area contributed by atoms with Gasteiger partial charge in [0.15, 0.2) is 0 Å². The standard InChI is InChI=1S/C16H13ClFN5O2/c1-22-4-5-25-15-13-11(7-12(17)20-15)23(16(24)21-14(13)22)10-6-8(19)2-3-9(10)18/h2-3,6-7H,4-5,19H2,1H3. The van der Waals surface area contributed by atoms with Crippen molar-refractivity contribution in [3.05, 3.63) is 45.7 Å². The fourth-order valence-corrected chi connectivity index (χ4v) is 3.05. The molecular weight excluding hydrogens is 349 g/mol. The first-order valence-electron chi connectivity index (χ1n) is 7.48. The molecule has 0 aliphatic carbocycles. The van der Waals surface area contributed by atoms with E-state index in [1.165, 1.54) is 24.3 Å². The molecular formula is C16H13ClFN5O2. The largest absolute Gasteiger partial charge is 0.475 e. The van der Waals surface area contributed by atoms with E-state index in [4.69, 9.17) is 22.1 Å². The highest BCUT2D eigenvalue weighted by Crippen LogP contribution is 2.35. The molecule has 0 saturated carbocycles. The highest BCUT2D eigenvalue weighted by atomic mass is 35.5. The Balaban J connectivity index is 2.19. The fraction of sp³-hybridized carbons (Fsp3) is 0.188. The number of ether oxygens (including phenoxy) is 1. The monoisotopic (exact) mass is 361 g/mol. The van der Waals surface area contributed by atoms with Crippen LogP contribution in [-0.4, -0.2) is 34.7 Å². The molecule has 4 rings (SSSR count). The van der Waals surface area contributed by atoms with Gasteiger partial charge in [-0.15, -0.1) is 0 Å². The van der Waals surface area contributed by atoms with Gasteiger partial charge in [0.1, 0.15) is 28.8 Å². The van der Waals surface area contributed by atoms with Crippen molar-refractivity contribution in [2.24, 2.45) is 0 Å². The van der Waals surface area contributed by atoms with Crippen molar-refractivity contribution < 1.29 is 9.13 Å². The number of aromatic nitrogens is 3. The Hall–Kier alpha value is -2.87. The summed E-state index contributed by atoms with van der Waals surface area (Å²) in [6, 6.07) is 5.47. The number of benzene rings is 1. The van der Waals surface area contributed by atoms with E-state index in [1.807, 2.05) is 0 Å². The van der Waals surface area contributed by atoms with Gasteiger partial charge in [-0.25, -0.2) is 14.2 Å². The lowest BCUT2D eigenvalue weighted by Crippen LogP contribution is -2.28. The molecule has 3 heterocycles. The highest BCUT2D eigenvalue weighted by Gasteiger charge is 2.24. The third-order valence-corrected chi connectivity index (χ3v) is 4.22. The van der Waals surface area contributed by atoms with Gasteiger partial charge in [-0.05, 0) is 18.2 Å². The number of halogens is 2. The third kappa shape index (κ3) is 2.45. The van der Waals surface area contributed by atoms with Crippen LogP contribution >= 0.6 is 11.6 Å². The number of hydrogen-bond donors (Lipinski definition) is 1. The number of nitrogens with zero attached hydrogens (tertiary/aromatic N) is 4. The van der Waals surface area contributed by atoms with E-state index in [-0.39, 0.29) is 16.7 Å². The summed E-state index contributed by atoms with van der Waals surface area (Å²) in [6.07, 6.45) is 0. The fourth-order valence-electron chi connectivity index (χ4n) is 2.87. The summed E-state index contributed by atoms with van der Waals surface area (Å²) in [5, 5.41) is 0.618. The summed E-state index contributed by atoms with van der Waals surface area (Å²) < 4.78 is 21.2. The van der Waals surface area contributed by atoms with Crippen molar-refractivity contribution in [1.29, 1.82) is 0 Å². The number of nitrogens with two attached hydrogens (primary N) is 1. The summed E-state index contributed by atoms with van der Waals surface area (Å²) in [7, 11) is 1.79. The molecule has 0 amide bonds. The van der Waals surface area contributed by atoms with E-state index >= 15 is 0 Å². The van der Waals surface area contributed by atoms with Crippen LogP contribution in [-0.2, 0) is 0 Å². The van der Waals surface area contributed by atoms with Gasteiger partial charge in [-0.2, -0.15) is 4.98 Å². The number of pyridine rings is 1. The van der Waals surface area contributed by atoms with E-state index in [2.05, 4.69) is 9.97 Å². The van der Waals surface area contributed by atoms with Crippen molar-refractivity contribution in [2.45, 2.75) is 0 Å². The number of hydrogen-bond acceptors (Lipinski definition) is 6. The second-order valence-corrected chi connectivity index (χ2v) is 6.07. The molecule has 7 nitrogen and oxygen atoms in total. The minimum atomic E-state index is -0.644. The molecule has 0 atom stereocenters. The zero-order valence-electron chi connectivity index (χ0n) is 13.2. The number of anilines is 2. The quantitative estimate of drug-likeness (QED) is 0.527. The average Bonchev–Trinajstić information content (AvgIpc) is 2.70. The predicted octanol–water partition coefficient (Wildman–Crippen LogP) is 1.98. The topological polar surface area (TPSA) is 86.3 Å². The number of rotatable bonds is 1. The molecule has 9 heteroatoms. The lowest BCUT2D eigenvalue weighted by atomic mass is 10.2. The summed E-state index contributed by atoms with van der Waals surface area (Å²) in [6.45, 7) is 0.877. The Morgan fingerprint density at radius 3 is 2.92 bits per heavy atom. The second kappa shape index (κ2) is 5.59. The Morgan fingerprint density at radius 1 is 1.32 bits per heavy atom. The minimum Gasteiger partial charge on any atom is -0.475 e. The SMILES string of the molecule is CN1CCOc2nc(Cl)cc3c2c1nc(=O)n3-c1cc(N)ccc1F. The predicted molar refractivity (Wildman–Crippen MR) is 93.3 cm³/mol. The molecule has 0 bridgehead atoms. The highest BCUT2D eigenvalue weighted by molar-refractivity contribution is 6.30. The first kappa shape index (κ1) is 15.6. The van der Waals surface area contributed by atoms with Crippen molar-refractivity contribution in [3.8, 4) is 11.6 Å². The molecule has 1 aliphatic rings. The summed E-state index contributed by atoms with van der Waals surface area (Å²) >= 11 is 6.09. The van der Waals surface area contributed by atoms with Crippen LogP contribution in [0.15, 0.2) is 29.1 Å². The summed E-state index contributed by atoms with van der Waals surface area (Å²) in [4.78, 5) is 22.8. The van der Waals surface area contributed by atoms with Gasteiger partial charge in [0.25, 0.3) is 0 Å². The van der Waals surface area contributed by atoms with E-state index < -0.39 is 11.5 Å². The smallest absolute Gasteiger partial charge is 0.354 e. The van der Waals surface area contributed by atoms with Gasteiger partial charge in [-0.3, -0.25) is 4.57 Å². The van der Waals surface area contributed by atoms with Gasteiger partial charge >= 0.3 is 5.69 Å². The van der Waals surface area contributed by atoms with E-state index in [0.717, 1.165) is 4.57 Å². The van der Waals surface area contributed by atoms with Crippen LogP contribution < -0.4 is 21.1 Å². The Kier molecular flexibility index (Phi) is 3.50. The number of nitrogen functional groups attached to an aromatic ring is 1. The van der Waals surface area contributed by atoms with Crippen molar-refractivity contribution in [1.82, 2.24) is 14.5 Å². The van der Waals surface area contributed by atoms with Gasteiger partial charge < -0.3 is 15.4 Å². The van der Waals surface area contributed by atoms with Crippen molar-refractivity contribution in [3.63, 3.8) is 0 Å². The summed E-state index contributed by atoms with van der Waals surface area (Å²) in [5.74, 6) is 0.0652. The first-order valence-corrected chi connectivity index (χ1v) is 7.86. The maximum Gasteiger partial charge on any atom is 0.354 e. The van der Waals surface area contributed by atoms with Crippen molar-refractivity contribution >= 4 is 34.0 Å². The average molecular weight is 362 g/mol. The van der Waals surface area contributed by atoms with Gasteiger partial charge in [-0.1, -0.05) is 11.6 Å². The van der Waals surface area contributed by atoms with Gasteiger partial charge in [0, 0.05) is 18.8 Å². The lowest BCUT2D eigenvalue weighted by molar-refractivity contribution is 0.321. The van der Waals surface area contributed by atoms with E-state index in [9.17, 15) is 9.18 Å². The molecule has 0 saturated heterocycles. The lowest BCUT2D eigenvalue weighted by Gasteiger charge is -2.18. The molecule has 0 radical (unpaired) electrons. The van der Waals surface area contributed by atoms with Crippen LogP contribution in [0, 0.1) is 5.82 Å². The third-order valence-electron chi connectivity index (χ3n) is 4.03. The van der Waals surface area contributed by atoms with Crippen LogP contribution in [0.2, 0.25) is 5.15 Å². The Morgan fingerprint density at radius 2 is 2.12 bits per heavy atom. The molecule has 128 valence electrons. The van der Waals surface area contributed by atoms with Crippen LogP contribution in [0.5, 0.6) is 5.88 Å². The van der Waals surface area contributed by atoms with E-state index in [1.54, 1.807) is 11.9 Å². The summed E-state index contributed by atoms with van der Waals surface area (Å²) in [5.41, 5.74) is 5.77. The Labute approximate surface area is 146 Å². The second-order valence-electron chi connectivity index (χ2n) is 5.68. The van der Waals surface area contributed by atoms with Gasteiger partial charge in [0.05, 0.1) is 17.7 Å². The molecule has 0 spiro atoms. The molecule has 2 aromatic heterocycles. The first-order chi connectivity index (χ1) is 12.0. The zero-order valence-corrected chi connectivity index (χ0v) is 13.9. The molecule has 3 aromatic rings.